The van der Waals surface area contributed by atoms with Gasteiger partial charge >= 0.3 is 5.97 Å². The number of rotatable bonds is 5. The number of ether oxygens (including phenoxy) is 1. The average molecular weight is 225 g/mol. The van der Waals surface area contributed by atoms with Gasteiger partial charge in [0.1, 0.15) is 0 Å². The molecule has 1 aromatic carbocycles. The third-order valence-electron chi connectivity index (χ3n) is 1.94. The fraction of sp³-hybridized carbons (Fsp3) is 0.300. The number of non-ortho nitro benzene ring substituents is 1. The van der Waals surface area contributed by atoms with Crippen molar-refractivity contribution in [2.24, 2.45) is 0 Å². The van der Waals surface area contributed by atoms with E-state index in [9.17, 15) is 14.9 Å². The van der Waals surface area contributed by atoms with E-state index in [4.69, 9.17) is 9.84 Å². The quantitative estimate of drug-likeness (QED) is 0.609. The summed E-state index contributed by atoms with van der Waals surface area (Å²) >= 11 is 0. The standard InChI is InChI=1S/C10H11NO5/c1-2-16-9(10(12)13)7-4-3-5-8(6-7)11(14)15/h3-6,9H,2H2,1H3,(H,12,13)/t9-/m1/s1. The molecule has 0 aromatic heterocycles. The van der Waals surface area contributed by atoms with Crippen LogP contribution in [0.2, 0.25) is 0 Å². The summed E-state index contributed by atoms with van der Waals surface area (Å²) in [4.78, 5) is 20.8. The lowest BCUT2D eigenvalue weighted by Crippen LogP contribution is -2.15. The second kappa shape index (κ2) is 5.22. The number of nitrogens with zero attached hydrogens (tertiary/aromatic N) is 1. The SMILES string of the molecule is CCO[C@@H](C(=O)O)c1cccc([N+](=O)[O-])c1. The molecule has 0 fully saturated rings. The second-order valence-electron chi connectivity index (χ2n) is 3.03. The van der Waals surface area contributed by atoms with E-state index >= 15 is 0 Å². The van der Waals surface area contributed by atoms with Crippen molar-refractivity contribution in [1.29, 1.82) is 0 Å². The molecular weight excluding hydrogens is 214 g/mol. The summed E-state index contributed by atoms with van der Waals surface area (Å²) in [6, 6.07) is 5.42. The molecule has 0 aliphatic carbocycles. The first-order valence-electron chi connectivity index (χ1n) is 4.65. The van der Waals surface area contributed by atoms with Crippen LogP contribution in [0.15, 0.2) is 24.3 Å². The van der Waals surface area contributed by atoms with Crippen LogP contribution in [0, 0.1) is 10.1 Å². The minimum Gasteiger partial charge on any atom is -0.479 e. The number of hydrogen-bond donors (Lipinski definition) is 1. The Morgan fingerprint density at radius 3 is 2.81 bits per heavy atom. The zero-order chi connectivity index (χ0) is 12.1. The van der Waals surface area contributed by atoms with Gasteiger partial charge in [0.2, 0.25) is 0 Å². The van der Waals surface area contributed by atoms with Gasteiger partial charge in [-0.15, -0.1) is 0 Å². The van der Waals surface area contributed by atoms with Gasteiger partial charge in [-0.1, -0.05) is 12.1 Å². The molecule has 1 rings (SSSR count). The first-order chi connectivity index (χ1) is 7.56. The first-order valence-corrected chi connectivity index (χ1v) is 4.65. The van der Waals surface area contributed by atoms with Gasteiger partial charge in [0.05, 0.1) is 4.92 Å². The minimum absolute atomic E-state index is 0.150. The lowest BCUT2D eigenvalue weighted by Gasteiger charge is -2.11. The largest absolute Gasteiger partial charge is 0.479 e. The number of nitro groups is 1. The first kappa shape index (κ1) is 12.1. The molecule has 0 unspecified atom stereocenters. The predicted octanol–water partition coefficient (Wildman–Crippen LogP) is 1.76. The highest BCUT2D eigenvalue weighted by Gasteiger charge is 2.21. The van der Waals surface area contributed by atoms with Crippen LogP contribution in [0.25, 0.3) is 0 Å². The Morgan fingerprint density at radius 2 is 2.31 bits per heavy atom. The molecule has 16 heavy (non-hydrogen) atoms. The zero-order valence-electron chi connectivity index (χ0n) is 8.62. The van der Waals surface area contributed by atoms with Crippen LogP contribution >= 0.6 is 0 Å². The fourth-order valence-corrected chi connectivity index (χ4v) is 1.28. The van der Waals surface area contributed by atoms with Crippen LogP contribution in [0.4, 0.5) is 5.69 Å². The van der Waals surface area contributed by atoms with Gasteiger partial charge in [0.15, 0.2) is 6.10 Å². The monoisotopic (exact) mass is 225 g/mol. The maximum absolute atomic E-state index is 10.9. The smallest absolute Gasteiger partial charge is 0.337 e. The van der Waals surface area contributed by atoms with Crippen molar-refractivity contribution in [2.75, 3.05) is 6.61 Å². The molecule has 0 aliphatic rings. The van der Waals surface area contributed by atoms with Gasteiger partial charge in [0, 0.05) is 18.7 Å². The normalized spacial score (nSPS) is 12.1. The molecule has 0 saturated carbocycles. The Balaban J connectivity index is 3.04. The maximum Gasteiger partial charge on any atom is 0.337 e. The van der Waals surface area contributed by atoms with Crippen LogP contribution in [-0.4, -0.2) is 22.6 Å². The second-order valence-corrected chi connectivity index (χ2v) is 3.03. The molecule has 6 heteroatoms. The molecule has 0 amide bonds. The number of benzene rings is 1. The van der Waals surface area contributed by atoms with Crippen LogP contribution in [0.5, 0.6) is 0 Å². The summed E-state index contributed by atoms with van der Waals surface area (Å²) in [7, 11) is 0. The summed E-state index contributed by atoms with van der Waals surface area (Å²) in [5.41, 5.74) is 0.118. The Morgan fingerprint density at radius 1 is 1.62 bits per heavy atom. The van der Waals surface area contributed by atoms with E-state index in [1.54, 1.807) is 6.92 Å². The van der Waals surface area contributed by atoms with E-state index in [0.717, 1.165) is 0 Å². The number of carbonyl (C=O) groups is 1. The van der Waals surface area contributed by atoms with Crippen LogP contribution in [0.1, 0.15) is 18.6 Å². The number of carboxylic acids is 1. The summed E-state index contributed by atoms with van der Waals surface area (Å²) in [5.74, 6) is -1.16. The Bertz CT molecular complexity index is 404. The molecule has 0 spiro atoms. The number of carboxylic acid groups (broad SMARTS) is 1. The topological polar surface area (TPSA) is 89.7 Å². The highest BCUT2D eigenvalue weighted by molar-refractivity contribution is 5.74. The van der Waals surface area contributed by atoms with Gasteiger partial charge in [-0.2, -0.15) is 0 Å². The third kappa shape index (κ3) is 2.77. The molecule has 1 N–H and O–H groups in total. The minimum atomic E-state index is -1.16. The van der Waals surface area contributed by atoms with Crippen molar-refractivity contribution < 1.29 is 19.6 Å². The van der Waals surface area contributed by atoms with Gasteiger partial charge in [-0.25, -0.2) is 4.79 Å². The van der Waals surface area contributed by atoms with Gasteiger partial charge in [0.25, 0.3) is 5.69 Å². The van der Waals surface area contributed by atoms with Gasteiger partial charge in [-0.05, 0) is 12.5 Å². The van der Waals surface area contributed by atoms with Crippen molar-refractivity contribution in [2.45, 2.75) is 13.0 Å². The molecule has 1 atom stereocenters. The molecule has 0 heterocycles. The summed E-state index contributed by atoms with van der Waals surface area (Å²) < 4.78 is 5.00. The van der Waals surface area contributed by atoms with Crippen molar-refractivity contribution in [3.63, 3.8) is 0 Å². The predicted molar refractivity (Wildman–Crippen MR) is 55.1 cm³/mol. The Kier molecular flexibility index (Phi) is 3.96. The van der Waals surface area contributed by atoms with Crippen LogP contribution in [0.3, 0.4) is 0 Å². The molecule has 86 valence electrons. The van der Waals surface area contributed by atoms with E-state index in [-0.39, 0.29) is 17.9 Å². The lowest BCUT2D eigenvalue weighted by molar-refractivity contribution is -0.385. The molecule has 0 bridgehead atoms. The van der Waals surface area contributed by atoms with Gasteiger partial charge < -0.3 is 9.84 Å². The summed E-state index contributed by atoms with van der Waals surface area (Å²) in [6.45, 7) is 1.88. The zero-order valence-corrected chi connectivity index (χ0v) is 8.62. The van der Waals surface area contributed by atoms with Crippen LogP contribution in [-0.2, 0) is 9.53 Å². The molecular formula is C10H11NO5. The highest BCUT2D eigenvalue weighted by atomic mass is 16.6. The van der Waals surface area contributed by atoms with Crippen molar-refractivity contribution in [1.82, 2.24) is 0 Å². The van der Waals surface area contributed by atoms with E-state index in [0.29, 0.717) is 0 Å². The Labute approximate surface area is 91.6 Å². The lowest BCUT2D eigenvalue weighted by atomic mass is 10.1. The third-order valence-corrected chi connectivity index (χ3v) is 1.94. The van der Waals surface area contributed by atoms with Gasteiger partial charge in [-0.3, -0.25) is 10.1 Å². The number of aliphatic carboxylic acids is 1. The summed E-state index contributed by atoms with van der Waals surface area (Å²) in [6.07, 6.45) is -1.16. The van der Waals surface area contributed by atoms with Crippen LogP contribution < -0.4 is 0 Å². The van der Waals surface area contributed by atoms with E-state index in [1.165, 1.54) is 24.3 Å². The molecule has 6 nitrogen and oxygen atoms in total. The van der Waals surface area contributed by atoms with Crippen molar-refractivity contribution >= 4 is 11.7 Å². The molecule has 0 saturated heterocycles. The van der Waals surface area contributed by atoms with Crippen molar-refractivity contribution in [3.8, 4) is 0 Å². The molecule has 1 aromatic rings. The maximum atomic E-state index is 10.9. The average Bonchev–Trinajstić information content (AvgIpc) is 2.25. The molecule has 0 radical (unpaired) electrons. The Hall–Kier alpha value is -1.95. The summed E-state index contributed by atoms with van der Waals surface area (Å²) in [5, 5.41) is 19.4. The number of hydrogen-bond acceptors (Lipinski definition) is 4. The van der Waals surface area contributed by atoms with Crippen molar-refractivity contribution in [3.05, 3.63) is 39.9 Å². The van der Waals surface area contributed by atoms with E-state index in [2.05, 4.69) is 0 Å². The molecule has 0 aliphatic heterocycles. The fourth-order valence-electron chi connectivity index (χ4n) is 1.28. The van der Waals surface area contributed by atoms with E-state index < -0.39 is 17.0 Å². The number of nitro benzene ring substituents is 1. The highest BCUT2D eigenvalue weighted by Crippen LogP contribution is 2.22. The van der Waals surface area contributed by atoms with E-state index in [1.807, 2.05) is 0 Å².